The zero-order chi connectivity index (χ0) is 16.7. The van der Waals surface area contributed by atoms with Crippen LogP contribution in [0, 0.1) is 6.92 Å². The fourth-order valence-electron chi connectivity index (χ4n) is 2.59. The van der Waals surface area contributed by atoms with Crippen LogP contribution in [0.15, 0.2) is 18.2 Å². The highest BCUT2D eigenvalue weighted by Gasteiger charge is 2.14. The first kappa shape index (κ1) is 24.1. The summed E-state index contributed by atoms with van der Waals surface area (Å²) in [4.78, 5) is 14.5. The summed E-state index contributed by atoms with van der Waals surface area (Å²) in [5.74, 6) is -0.0751. The molecule has 0 radical (unpaired) electrons. The van der Waals surface area contributed by atoms with Crippen molar-refractivity contribution in [2.45, 2.75) is 26.0 Å². The Balaban J connectivity index is 0.00000288. The molecule has 1 aromatic rings. The number of rotatable bonds is 7. The van der Waals surface area contributed by atoms with Crippen molar-refractivity contribution in [3.05, 3.63) is 29.3 Å². The van der Waals surface area contributed by atoms with E-state index in [2.05, 4.69) is 16.3 Å². The molecule has 3 N–H and O–H groups in total. The Morgan fingerprint density at radius 3 is 2.64 bits per heavy atom. The van der Waals surface area contributed by atoms with Crippen LogP contribution in [0.25, 0.3) is 0 Å². The molecule has 1 aromatic carbocycles. The minimum Gasteiger partial charge on any atom is -0.380 e. The third-order valence-electron chi connectivity index (χ3n) is 4.10. The molecule has 2 rings (SSSR count). The predicted octanol–water partition coefficient (Wildman–Crippen LogP) is 1.97. The first-order chi connectivity index (χ1) is 11.1. The van der Waals surface area contributed by atoms with E-state index in [4.69, 9.17) is 15.2 Å². The second-order valence-electron chi connectivity index (χ2n) is 5.88. The van der Waals surface area contributed by atoms with Gasteiger partial charge < -0.3 is 20.5 Å². The number of amides is 1. The molecule has 8 heteroatoms. The number of anilines is 1. The van der Waals surface area contributed by atoms with Crippen molar-refractivity contribution in [3.63, 3.8) is 0 Å². The molecule has 25 heavy (non-hydrogen) atoms. The quantitative estimate of drug-likeness (QED) is 0.740. The van der Waals surface area contributed by atoms with E-state index >= 15 is 0 Å². The molecular weight excluding hydrogens is 365 g/mol. The number of nitrogens with one attached hydrogen (secondary N) is 1. The van der Waals surface area contributed by atoms with Gasteiger partial charge in [-0.15, -0.1) is 24.8 Å². The van der Waals surface area contributed by atoms with Crippen molar-refractivity contribution in [1.29, 1.82) is 0 Å². The normalized spacial score (nSPS) is 15.6. The van der Waals surface area contributed by atoms with Crippen molar-refractivity contribution in [2.75, 3.05) is 45.3 Å². The van der Waals surface area contributed by atoms with E-state index in [1.54, 1.807) is 7.11 Å². The number of halogens is 2. The lowest BCUT2D eigenvalue weighted by Gasteiger charge is -2.26. The number of morpholine rings is 1. The van der Waals surface area contributed by atoms with Crippen molar-refractivity contribution >= 4 is 36.4 Å². The van der Waals surface area contributed by atoms with E-state index in [0.717, 1.165) is 44.1 Å². The summed E-state index contributed by atoms with van der Waals surface area (Å²) < 4.78 is 10.5. The number of ether oxygens (including phenoxy) is 2. The van der Waals surface area contributed by atoms with Gasteiger partial charge in [0.25, 0.3) is 0 Å². The van der Waals surface area contributed by atoms with Crippen molar-refractivity contribution in [2.24, 2.45) is 5.73 Å². The summed E-state index contributed by atoms with van der Waals surface area (Å²) in [5, 5.41) is 2.97. The maximum atomic E-state index is 12.1. The van der Waals surface area contributed by atoms with Gasteiger partial charge in [0, 0.05) is 39.0 Å². The number of nitrogens with zero attached hydrogens (tertiary/aromatic N) is 1. The molecular formula is C17H29Cl2N3O3. The summed E-state index contributed by atoms with van der Waals surface area (Å²) in [6.45, 7) is 6.66. The molecule has 1 amide bonds. The van der Waals surface area contributed by atoms with Gasteiger partial charge in [-0.3, -0.25) is 9.69 Å². The van der Waals surface area contributed by atoms with E-state index in [9.17, 15) is 4.79 Å². The van der Waals surface area contributed by atoms with Crippen molar-refractivity contribution in [3.8, 4) is 0 Å². The van der Waals surface area contributed by atoms with Gasteiger partial charge >= 0.3 is 0 Å². The number of carbonyl (C=O) groups excluding carboxylic acids is 1. The number of benzene rings is 1. The highest BCUT2D eigenvalue weighted by atomic mass is 35.5. The van der Waals surface area contributed by atoms with Crippen LogP contribution < -0.4 is 11.1 Å². The number of hydrogen-bond acceptors (Lipinski definition) is 5. The third-order valence-corrected chi connectivity index (χ3v) is 4.10. The number of methoxy groups -OCH3 is 1. The Labute approximate surface area is 162 Å². The van der Waals surface area contributed by atoms with E-state index < -0.39 is 0 Å². The molecule has 1 aliphatic rings. The van der Waals surface area contributed by atoms with Gasteiger partial charge in [-0.1, -0.05) is 12.1 Å². The Morgan fingerprint density at radius 2 is 2.04 bits per heavy atom. The minimum absolute atomic E-state index is 0. The second kappa shape index (κ2) is 12.5. The molecule has 1 atom stereocenters. The van der Waals surface area contributed by atoms with Crippen LogP contribution in [-0.2, 0) is 20.8 Å². The fraction of sp³-hybridized carbons (Fsp3) is 0.588. The first-order valence-electron chi connectivity index (χ1n) is 8.04. The van der Waals surface area contributed by atoms with Crippen LogP contribution in [0.2, 0.25) is 0 Å². The molecule has 1 unspecified atom stereocenters. The zero-order valence-corrected chi connectivity index (χ0v) is 16.5. The smallest absolute Gasteiger partial charge is 0.227 e. The SMILES string of the molecule is COC(CN)CC(=O)Nc1cc(CN2CCOCC2)ccc1C.Cl.Cl. The van der Waals surface area contributed by atoms with Crippen LogP contribution in [0.5, 0.6) is 0 Å². The predicted molar refractivity (Wildman–Crippen MR) is 105 cm³/mol. The lowest BCUT2D eigenvalue weighted by molar-refractivity contribution is -0.118. The summed E-state index contributed by atoms with van der Waals surface area (Å²) in [5.41, 5.74) is 8.65. The summed E-state index contributed by atoms with van der Waals surface area (Å²) in [7, 11) is 1.57. The van der Waals surface area contributed by atoms with Crippen LogP contribution in [-0.4, -0.2) is 56.9 Å². The van der Waals surface area contributed by atoms with Crippen molar-refractivity contribution in [1.82, 2.24) is 4.90 Å². The van der Waals surface area contributed by atoms with Crippen LogP contribution in [0.1, 0.15) is 17.5 Å². The number of nitrogens with two attached hydrogens (primary N) is 1. The van der Waals surface area contributed by atoms with Crippen LogP contribution in [0.3, 0.4) is 0 Å². The van der Waals surface area contributed by atoms with Gasteiger partial charge in [0.15, 0.2) is 0 Å². The van der Waals surface area contributed by atoms with Gasteiger partial charge in [0.1, 0.15) is 0 Å². The average molecular weight is 394 g/mol. The highest BCUT2D eigenvalue weighted by Crippen LogP contribution is 2.19. The molecule has 0 spiro atoms. The summed E-state index contributed by atoms with van der Waals surface area (Å²) in [6, 6.07) is 6.20. The lowest BCUT2D eigenvalue weighted by Crippen LogP contribution is -2.35. The van der Waals surface area contributed by atoms with E-state index in [0.29, 0.717) is 6.54 Å². The highest BCUT2D eigenvalue weighted by molar-refractivity contribution is 5.91. The fourth-order valence-corrected chi connectivity index (χ4v) is 2.59. The maximum Gasteiger partial charge on any atom is 0.227 e. The summed E-state index contributed by atoms with van der Waals surface area (Å²) in [6.07, 6.45) is 0.0204. The monoisotopic (exact) mass is 393 g/mol. The third kappa shape index (κ3) is 7.90. The molecule has 144 valence electrons. The van der Waals surface area contributed by atoms with Crippen LogP contribution >= 0.6 is 24.8 Å². The Bertz CT molecular complexity index is 522. The van der Waals surface area contributed by atoms with Crippen molar-refractivity contribution < 1.29 is 14.3 Å². The minimum atomic E-state index is -0.244. The molecule has 0 saturated carbocycles. The number of hydrogen-bond donors (Lipinski definition) is 2. The number of carbonyl (C=O) groups is 1. The Hall–Kier alpha value is -0.890. The van der Waals surface area contributed by atoms with Gasteiger partial charge in [-0.25, -0.2) is 0 Å². The van der Waals surface area contributed by atoms with E-state index in [-0.39, 0.29) is 43.2 Å². The second-order valence-corrected chi connectivity index (χ2v) is 5.88. The van der Waals surface area contributed by atoms with Gasteiger partial charge in [-0.05, 0) is 24.1 Å². The molecule has 0 aromatic heterocycles. The lowest BCUT2D eigenvalue weighted by atomic mass is 10.1. The Kier molecular flexibility index (Phi) is 12.0. The molecule has 6 nitrogen and oxygen atoms in total. The molecule has 0 bridgehead atoms. The molecule has 1 heterocycles. The maximum absolute atomic E-state index is 12.1. The molecule has 1 aliphatic heterocycles. The molecule has 1 saturated heterocycles. The Morgan fingerprint density at radius 1 is 1.36 bits per heavy atom. The first-order valence-corrected chi connectivity index (χ1v) is 8.04. The number of aryl methyl sites for hydroxylation is 1. The van der Waals surface area contributed by atoms with Gasteiger partial charge in [-0.2, -0.15) is 0 Å². The molecule has 0 aliphatic carbocycles. The van der Waals surface area contributed by atoms with E-state index in [1.807, 2.05) is 19.1 Å². The zero-order valence-electron chi connectivity index (χ0n) is 14.8. The average Bonchev–Trinajstić information content (AvgIpc) is 2.56. The standard InChI is InChI=1S/C17H27N3O3.2ClH/c1-13-3-4-14(12-20-5-7-23-8-6-20)9-16(13)19-17(21)10-15(11-18)22-2;;/h3-4,9,15H,5-8,10-12,18H2,1-2H3,(H,19,21);2*1H. The summed E-state index contributed by atoms with van der Waals surface area (Å²) >= 11 is 0. The van der Waals surface area contributed by atoms with E-state index in [1.165, 1.54) is 5.56 Å². The largest absolute Gasteiger partial charge is 0.380 e. The van der Waals surface area contributed by atoms with Crippen LogP contribution in [0.4, 0.5) is 5.69 Å². The van der Waals surface area contributed by atoms with Gasteiger partial charge in [0.2, 0.25) is 5.91 Å². The molecule has 1 fully saturated rings. The van der Waals surface area contributed by atoms with Gasteiger partial charge in [0.05, 0.1) is 25.7 Å². The topological polar surface area (TPSA) is 76.8 Å².